The van der Waals surface area contributed by atoms with Gasteiger partial charge in [0.25, 0.3) is 0 Å². The molecule has 0 N–H and O–H groups in total. The maximum absolute atomic E-state index is 5.14. The van der Waals surface area contributed by atoms with E-state index in [1.807, 2.05) is 11.8 Å². The van der Waals surface area contributed by atoms with Crippen molar-refractivity contribution in [3.8, 4) is 0 Å². The number of benzene rings is 1. The second-order valence-corrected chi connectivity index (χ2v) is 7.47. The lowest BCUT2D eigenvalue weighted by Gasteiger charge is -2.22. The smallest absolute Gasteiger partial charge is 0.159 e. The summed E-state index contributed by atoms with van der Waals surface area (Å²) >= 11 is 1.96. The van der Waals surface area contributed by atoms with Crippen molar-refractivity contribution in [1.29, 1.82) is 0 Å². The van der Waals surface area contributed by atoms with E-state index in [4.69, 9.17) is 4.99 Å². The molecule has 3 atom stereocenters. The summed E-state index contributed by atoms with van der Waals surface area (Å²) in [6.07, 6.45) is 5.70. The topological polar surface area (TPSA) is 15.6 Å². The Balaban J connectivity index is 1.47. The molecule has 2 nitrogen and oxygen atoms in total. The molecular weight excluding hydrogens is 264 g/mol. The Morgan fingerprint density at radius 1 is 1.15 bits per heavy atom. The van der Waals surface area contributed by atoms with Crippen LogP contribution in [0.3, 0.4) is 0 Å². The summed E-state index contributed by atoms with van der Waals surface area (Å²) in [5.41, 5.74) is 1.40. The number of amidine groups is 1. The molecule has 1 aromatic carbocycles. The standard InChI is InChI=1S/C17H22N2S/c1-2-4-13(5-3-1)12-19-8-9-20-17(19)18-16-11-14-6-7-15(16)10-14/h1-5,14-16H,6-12H2. The van der Waals surface area contributed by atoms with Crippen LogP contribution >= 0.6 is 11.8 Å². The van der Waals surface area contributed by atoms with Gasteiger partial charge in [0.1, 0.15) is 0 Å². The lowest BCUT2D eigenvalue weighted by molar-refractivity contribution is 0.406. The van der Waals surface area contributed by atoms with Crippen LogP contribution in [0.25, 0.3) is 0 Å². The molecule has 0 amide bonds. The predicted octanol–water partition coefficient (Wildman–Crippen LogP) is 3.78. The average Bonchev–Trinajstić information content (AvgIpc) is 3.18. The van der Waals surface area contributed by atoms with Crippen LogP contribution in [0.15, 0.2) is 35.3 Å². The summed E-state index contributed by atoms with van der Waals surface area (Å²) in [4.78, 5) is 7.62. The monoisotopic (exact) mass is 286 g/mol. The number of hydrogen-bond acceptors (Lipinski definition) is 2. The molecule has 4 rings (SSSR count). The molecule has 2 saturated carbocycles. The highest BCUT2D eigenvalue weighted by atomic mass is 32.2. The quantitative estimate of drug-likeness (QED) is 0.840. The molecule has 0 aromatic heterocycles. The maximum atomic E-state index is 5.14. The molecule has 3 fully saturated rings. The highest BCUT2D eigenvalue weighted by Crippen LogP contribution is 2.46. The van der Waals surface area contributed by atoms with E-state index in [1.165, 1.54) is 42.2 Å². The van der Waals surface area contributed by atoms with Gasteiger partial charge in [-0.25, -0.2) is 0 Å². The molecule has 20 heavy (non-hydrogen) atoms. The third-order valence-corrected chi connectivity index (χ3v) is 6.06. The minimum Gasteiger partial charge on any atom is -0.346 e. The third kappa shape index (κ3) is 2.48. The zero-order chi connectivity index (χ0) is 13.4. The molecule has 2 aliphatic carbocycles. The SMILES string of the molecule is c1ccc(CN2CCSC2=NC2CC3CCC2C3)cc1. The average molecular weight is 286 g/mol. The molecule has 1 heterocycles. The number of hydrogen-bond donors (Lipinski definition) is 0. The third-order valence-electron chi connectivity index (χ3n) is 5.06. The molecule has 1 aromatic rings. The number of aliphatic imine (C=N–C) groups is 1. The number of rotatable bonds is 3. The van der Waals surface area contributed by atoms with Crippen LogP contribution in [0.2, 0.25) is 0 Å². The molecule has 106 valence electrons. The van der Waals surface area contributed by atoms with Crippen molar-refractivity contribution < 1.29 is 0 Å². The largest absolute Gasteiger partial charge is 0.346 e. The summed E-state index contributed by atoms with van der Waals surface area (Å²) in [7, 11) is 0. The normalized spacial score (nSPS) is 34.3. The summed E-state index contributed by atoms with van der Waals surface area (Å²) in [5.74, 6) is 3.09. The fourth-order valence-corrected chi connectivity index (χ4v) is 5.06. The van der Waals surface area contributed by atoms with Crippen LogP contribution in [-0.2, 0) is 6.54 Å². The fraction of sp³-hybridized carbons (Fsp3) is 0.588. The van der Waals surface area contributed by atoms with Crippen molar-refractivity contribution >= 4 is 16.9 Å². The van der Waals surface area contributed by atoms with Crippen molar-refractivity contribution in [2.24, 2.45) is 16.8 Å². The molecule has 3 aliphatic rings. The van der Waals surface area contributed by atoms with Gasteiger partial charge in [0.2, 0.25) is 0 Å². The molecule has 2 bridgehead atoms. The summed E-state index contributed by atoms with van der Waals surface area (Å²) in [5, 5.41) is 1.31. The van der Waals surface area contributed by atoms with Crippen LogP contribution in [0.1, 0.15) is 31.2 Å². The van der Waals surface area contributed by atoms with Crippen molar-refractivity contribution in [2.45, 2.75) is 38.3 Å². The van der Waals surface area contributed by atoms with Gasteiger partial charge in [0.05, 0.1) is 6.04 Å². The summed E-state index contributed by atoms with van der Waals surface area (Å²) < 4.78 is 0. The van der Waals surface area contributed by atoms with Gasteiger partial charge in [-0.1, -0.05) is 48.5 Å². The van der Waals surface area contributed by atoms with Crippen molar-refractivity contribution in [3.05, 3.63) is 35.9 Å². The lowest BCUT2D eigenvalue weighted by Crippen LogP contribution is -2.26. The molecule has 0 radical (unpaired) electrons. The van der Waals surface area contributed by atoms with E-state index >= 15 is 0 Å². The van der Waals surface area contributed by atoms with E-state index in [1.54, 1.807) is 0 Å². The van der Waals surface area contributed by atoms with E-state index in [9.17, 15) is 0 Å². The van der Waals surface area contributed by atoms with Crippen LogP contribution < -0.4 is 0 Å². The molecule has 3 unspecified atom stereocenters. The van der Waals surface area contributed by atoms with Gasteiger partial charge in [0.15, 0.2) is 5.17 Å². The Kier molecular flexibility index (Phi) is 3.47. The van der Waals surface area contributed by atoms with Crippen LogP contribution in [-0.4, -0.2) is 28.4 Å². The van der Waals surface area contributed by atoms with Gasteiger partial charge in [-0.2, -0.15) is 0 Å². The van der Waals surface area contributed by atoms with Gasteiger partial charge >= 0.3 is 0 Å². The predicted molar refractivity (Wildman–Crippen MR) is 86.0 cm³/mol. The minimum absolute atomic E-state index is 0.632. The Morgan fingerprint density at radius 3 is 2.80 bits per heavy atom. The van der Waals surface area contributed by atoms with E-state index in [2.05, 4.69) is 35.2 Å². The van der Waals surface area contributed by atoms with Crippen molar-refractivity contribution in [2.75, 3.05) is 12.3 Å². The van der Waals surface area contributed by atoms with Crippen molar-refractivity contribution in [3.63, 3.8) is 0 Å². The zero-order valence-corrected chi connectivity index (χ0v) is 12.7. The van der Waals surface area contributed by atoms with Crippen LogP contribution in [0, 0.1) is 11.8 Å². The van der Waals surface area contributed by atoms with Gasteiger partial charge in [-0.3, -0.25) is 4.99 Å². The highest BCUT2D eigenvalue weighted by molar-refractivity contribution is 8.14. The number of thioether (sulfide) groups is 1. The Labute approximate surface area is 125 Å². The van der Waals surface area contributed by atoms with E-state index < -0.39 is 0 Å². The Morgan fingerprint density at radius 2 is 2.05 bits per heavy atom. The Bertz CT molecular complexity index is 499. The Hall–Kier alpha value is -0.960. The van der Waals surface area contributed by atoms with E-state index in [0.717, 1.165) is 24.9 Å². The zero-order valence-electron chi connectivity index (χ0n) is 11.9. The van der Waals surface area contributed by atoms with E-state index in [-0.39, 0.29) is 0 Å². The van der Waals surface area contributed by atoms with Crippen LogP contribution in [0.4, 0.5) is 0 Å². The lowest BCUT2D eigenvalue weighted by atomic mass is 9.96. The number of nitrogens with zero attached hydrogens (tertiary/aromatic N) is 2. The fourth-order valence-electron chi connectivity index (χ4n) is 4.01. The highest BCUT2D eigenvalue weighted by Gasteiger charge is 2.40. The first-order chi connectivity index (χ1) is 9.88. The van der Waals surface area contributed by atoms with E-state index in [0.29, 0.717) is 6.04 Å². The first-order valence-corrected chi connectivity index (χ1v) is 8.86. The van der Waals surface area contributed by atoms with Crippen molar-refractivity contribution in [1.82, 2.24) is 4.90 Å². The second-order valence-electron chi connectivity index (χ2n) is 6.41. The first kappa shape index (κ1) is 12.8. The van der Waals surface area contributed by atoms with Gasteiger partial charge in [-0.15, -0.1) is 0 Å². The molecule has 1 saturated heterocycles. The minimum atomic E-state index is 0.632. The summed E-state index contributed by atoms with van der Waals surface area (Å²) in [6.45, 7) is 2.17. The van der Waals surface area contributed by atoms with Gasteiger partial charge in [-0.05, 0) is 36.7 Å². The summed E-state index contributed by atoms with van der Waals surface area (Å²) in [6, 6.07) is 11.4. The second kappa shape index (κ2) is 5.44. The first-order valence-electron chi connectivity index (χ1n) is 7.88. The van der Waals surface area contributed by atoms with Gasteiger partial charge < -0.3 is 4.90 Å². The van der Waals surface area contributed by atoms with Crippen LogP contribution in [0.5, 0.6) is 0 Å². The number of fused-ring (bicyclic) bond motifs is 2. The molecule has 1 aliphatic heterocycles. The molecular formula is C17H22N2S. The molecule has 3 heteroatoms. The molecule has 0 spiro atoms. The maximum Gasteiger partial charge on any atom is 0.159 e. The van der Waals surface area contributed by atoms with Gasteiger partial charge in [0, 0.05) is 18.8 Å².